The second-order valence-electron chi connectivity index (χ2n) is 5.96. The van der Waals surface area contributed by atoms with Gasteiger partial charge in [-0.05, 0) is 94.4 Å². The first-order valence-electron chi connectivity index (χ1n) is 9.23. The molecule has 0 spiro atoms. The van der Waals surface area contributed by atoms with Gasteiger partial charge in [-0.15, -0.1) is 0 Å². The number of benzene rings is 2. The highest BCUT2D eigenvalue weighted by Crippen LogP contribution is 2.33. The van der Waals surface area contributed by atoms with Crippen LogP contribution in [0.2, 0.25) is 0 Å². The molecule has 2 aromatic rings. The van der Waals surface area contributed by atoms with Gasteiger partial charge in [-0.25, -0.2) is 10.9 Å². The van der Waals surface area contributed by atoms with Gasteiger partial charge in [0.1, 0.15) is 0 Å². The molecule has 4 N–H and O–H groups in total. The number of halogens is 2. The maximum Gasteiger partial charge on any atom is 0.331 e. The fourth-order valence-electron chi connectivity index (χ4n) is 2.30. The molecule has 0 radical (unpaired) electrons. The maximum absolute atomic E-state index is 11.9. The minimum Gasteiger partial charge on any atom is -0.504 e. The third-order valence-corrected chi connectivity index (χ3v) is 5.31. The number of carbonyl (C=O) groups excluding carboxylic acids is 2. The zero-order valence-electron chi connectivity index (χ0n) is 17.1. The van der Waals surface area contributed by atoms with Crippen LogP contribution >= 0.6 is 45.2 Å². The Bertz CT molecular complexity index is 975. The summed E-state index contributed by atoms with van der Waals surface area (Å²) in [5.41, 5.74) is 5.30. The summed E-state index contributed by atoms with van der Waals surface area (Å²) in [6.07, 6.45) is 2.62. The van der Waals surface area contributed by atoms with E-state index in [1.165, 1.54) is 12.4 Å². The zero-order chi connectivity index (χ0) is 23.7. The van der Waals surface area contributed by atoms with Gasteiger partial charge in [0.25, 0.3) is 0 Å². The third kappa shape index (κ3) is 7.22. The quantitative estimate of drug-likeness (QED) is 0.148. The molecule has 0 aliphatic carbocycles. The third-order valence-electron chi connectivity index (χ3n) is 3.67. The Morgan fingerprint density at radius 2 is 1.22 bits per heavy atom. The molecule has 0 heterocycles. The monoisotopic (exact) mass is 666 g/mol. The van der Waals surface area contributed by atoms with Gasteiger partial charge in [0.2, 0.25) is 0 Å². The normalized spacial score (nSPS) is 11.0. The zero-order valence-corrected chi connectivity index (χ0v) is 21.4. The van der Waals surface area contributed by atoms with Crippen molar-refractivity contribution >= 4 is 69.4 Å². The van der Waals surface area contributed by atoms with Gasteiger partial charge in [-0.2, -0.15) is 10.2 Å². The fourth-order valence-corrected chi connectivity index (χ4v) is 3.55. The van der Waals surface area contributed by atoms with Crippen LogP contribution in [0.3, 0.4) is 0 Å². The van der Waals surface area contributed by atoms with Crippen LogP contribution in [-0.4, -0.2) is 47.7 Å². The van der Waals surface area contributed by atoms with Gasteiger partial charge in [0, 0.05) is 0 Å². The average molecular weight is 666 g/mol. The highest BCUT2D eigenvalue weighted by Gasteiger charge is 2.12. The van der Waals surface area contributed by atoms with E-state index in [0.717, 1.165) is 0 Å². The number of carbonyl (C=O) groups is 2. The summed E-state index contributed by atoms with van der Waals surface area (Å²) in [7, 11) is 0. The lowest BCUT2D eigenvalue weighted by Crippen LogP contribution is -2.35. The first-order chi connectivity index (χ1) is 15.3. The van der Waals surface area contributed by atoms with Crippen molar-refractivity contribution in [3.63, 3.8) is 0 Å². The van der Waals surface area contributed by atoms with Crippen molar-refractivity contribution in [1.29, 1.82) is 0 Å². The summed E-state index contributed by atoms with van der Waals surface area (Å²) in [4.78, 5) is 23.7. The molecule has 0 unspecified atom stereocenters. The SMILES string of the molecule is CCOc1cc(/C=N\NC(=O)C(=O)N/N=C\c2cc(I)c(O)c(OCC)c2)cc(I)c1O. The standard InChI is InChI=1S/C20H20I2N4O6/c1-3-31-15-7-11(5-13(21)17(15)27)9-23-25-19(29)20(30)26-24-10-12-6-14(22)18(28)16(8-12)32-4-2/h5-10,27-28H,3-4H2,1-2H3,(H,25,29)(H,26,30)/b23-9-,24-10-. The number of amides is 2. The van der Waals surface area contributed by atoms with E-state index >= 15 is 0 Å². The molecular formula is C20H20I2N4O6. The van der Waals surface area contributed by atoms with Crippen molar-refractivity contribution in [3.05, 3.63) is 42.5 Å². The van der Waals surface area contributed by atoms with Gasteiger partial charge >= 0.3 is 11.8 Å². The summed E-state index contributed by atoms with van der Waals surface area (Å²) in [5.74, 6) is -1.43. The summed E-state index contributed by atoms with van der Waals surface area (Å²) < 4.78 is 11.8. The predicted octanol–water partition coefficient (Wildman–Crippen LogP) is 2.70. The summed E-state index contributed by atoms with van der Waals surface area (Å²) in [6.45, 7) is 4.32. The highest BCUT2D eigenvalue weighted by molar-refractivity contribution is 14.1. The highest BCUT2D eigenvalue weighted by atomic mass is 127. The summed E-state index contributed by atoms with van der Waals surface area (Å²) in [6, 6.07) is 6.37. The second-order valence-corrected chi connectivity index (χ2v) is 8.29. The van der Waals surface area contributed by atoms with E-state index in [1.807, 2.05) is 45.2 Å². The fraction of sp³-hybridized carbons (Fsp3) is 0.200. The second kappa shape index (κ2) is 12.4. The van der Waals surface area contributed by atoms with Gasteiger partial charge < -0.3 is 19.7 Å². The van der Waals surface area contributed by atoms with E-state index < -0.39 is 11.8 Å². The van der Waals surface area contributed by atoms with E-state index in [9.17, 15) is 19.8 Å². The number of phenolic OH excluding ortho intramolecular Hbond substituents is 2. The summed E-state index contributed by atoms with van der Waals surface area (Å²) in [5, 5.41) is 27.3. The molecule has 170 valence electrons. The minimum atomic E-state index is -1.02. The largest absolute Gasteiger partial charge is 0.504 e. The summed E-state index contributed by atoms with van der Waals surface area (Å²) >= 11 is 3.88. The van der Waals surface area contributed by atoms with Gasteiger partial charge in [0.05, 0.1) is 32.8 Å². The lowest BCUT2D eigenvalue weighted by molar-refractivity contribution is -0.139. The molecular weight excluding hydrogens is 646 g/mol. The lowest BCUT2D eigenvalue weighted by atomic mass is 10.2. The van der Waals surface area contributed by atoms with Crippen LogP contribution in [0.15, 0.2) is 34.5 Å². The van der Waals surface area contributed by atoms with Crippen molar-refractivity contribution in [2.45, 2.75) is 13.8 Å². The van der Waals surface area contributed by atoms with E-state index in [-0.39, 0.29) is 23.0 Å². The van der Waals surface area contributed by atoms with Crippen LogP contribution in [0, 0.1) is 7.14 Å². The minimum absolute atomic E-state index is 0.0163. The molecule has 2 amide bonds. The Hall–Kier alpha value is -2.62. The van der Waals surface area contributed by atoms with E-state index in [1.54, 1.807) is 38.1 Å². The van der Waals surface area contributed by atoms with Crippen LogP contribution in [0.25, 0.3) is 0 Å². The van der Waals surface area contributed by atoms with Crippen LogP contribution in [0.5, 0.6) is 23.0 Å². The van der Waals surface area contributed by atoms with Crippen LogP contribution in [-0.2, 0) is 9.59 Å². The molecule has 2 rings (SSSR count). The van der Waals surface area contributed by atoms with Crippen LogP contribution in [0.4, 0.5) is 0 Å². The number of hydrogen-bond donors (Lipinski definition) is 4. The number of hydrazone groups is 2. The molecule has 2 aromatic carbocycles. The number of hydrogen-bond acceptors (Lipinski definition) is 8. The van der Waals surface area contributed by atoms with Gasteiger partial charge in [-0.3, -0.25) is 9.59 Å². The molecule has 0 fully saturated rings. The number of rotatable bonds is 8. The maximum atomic E-state index is 11.9. The number of ether oxygens (including phenoxy) is 2. The van der Waals surface area contributed by atoms with E-state index in [4.69, 9.17) is 9.47 Å². The topological polar surface area (TPSA) is 142 Å². The molecule has 0 atom stereocenters. The average Bonchev–Trinajstić information content (AvgIpc) is 2.75. The Kier molecular flexibility index (Phi) is 9.96. The van der Waals surface area contributed by atoms with Crippen molar-refractivity contribution in [3.8, 4) is 23.0 Å². The van der Waals surface area contributed by atoms with Crippen molar-refractivity contribution in [2.75, 3.05) is 13.2 Å². The first kappa shape index (κ1) is 25.6. The molecule has 0 aliphatic heterocycles. The molecule has 0 aliphatic rings. The van der Waals surface area contributed by atoms with Crippen molar-refractivity contribution < 1.29 is 29.3 Å². The van der Waals surface area contributed by atoms with Crippen LogP contribution < -0.4 is 20.3 Å². The molecule has 0 aromatic heterocycles. The molecule has 32 heavy (non-hydrogen) atoms. The van der Waals surface area contributed by atoms with Crippen molar-refractivity contribution in [2.24, 2.45) is 10.2 Å². The lowest BCUT2D eigenvalue weighted by Gasteiger charge is -2.08. The first-order valence-corrected chi connectivity index (χ1v) is 11.4. The van der Waals surface area contributed by atoms with Gasteiger partial charge in [0.15, 0.2) is 23.0 Å². The molecule has 0 saturated carbocycles. The smallest absolute Gasteiger partial charge is 0.331 e. The predicted molar refractivity (Wildman–Crippen MR) is 135 cm³/mol. The Balaban J connectivity index is 1.96. The molecule has 0 bridgehead atoms. The molecule has 12 heteroatoms. The number of nitrogens with one attached hydrogen (secondary N) is 2. The Morgan fingerprint density at radius 1 is 0.844 bits per heavy atom. The van der Waals surface area contributed by atoms with Gasteiger partial charge in [-0.1, -0.05) is 0 Å². The van der Waals surface area contributed by atoms with E-state index in [2.05, 4.69) is 21.1 Å². The molecule has 10 nitrogen and oxygen atoms in total. The van der Waals surface area contributed by atoms with Crippen LogP contribution in [0.1, 0.15) is 25.0 Å². The Labute approximate surface area is 211 Å². The van der Waals surface area contributed by atoms with E-state index in [0.29, 0.717) is 31.5 Å². The number of nitrogens with zero attached hydrogens (tertiary/aromatic N) is 2. The number of phenols is 2. The number of aromatic hydroxyl groups is 2. The molecule has 0 saturated heterocycles. The Morgan fingerprint density at radius 3 is 1.56 bits per heavy atom. The van der Waals surface area contributed by atoms with Crippen molar-refractivity contribution in [1.82, 2.24) is 10.9 Å².